The lowest BCUT2D eigenvalue weighted by atomic mass is 9.88. The third-order valence-electron chi connectivity index (χ3n) is 6.26. The number of nitrogens with zero attached hydrogens (tertiary/aromatic N) is 1. The van der Waals surface area contributed by atoms with Crippen molar-refractivity contribution in [1.29, 1.82) is 5.26 Å². The molecule has 1 aliphatic carbocycles. The topological polar surface area (TPSA) is 82.0 Å². The van der Waals surface area contributed by atoms with Crippen LogP contribution < -0.4 is 10.6 Å². The lowest BCUT2D eigenvalue weighted by molar-refractivity contribution is -0.120. The lowest BCUT2D eigenvalue weighted by Crippen LogP contribution is -2.24. The van der Waals surface area contributed by atoms with Crippen molar-refractivity contribution in [2.24, 2.45) is 5.92 Å². The molecular weight excluding hydrogens is 474 g/mol. The maximum atomic E-state index is 12.9. The highest BCUT2D eigenvalue weighted by Gasteiger charge is 2.22. The zero-order valence-electron chi connectivity index (χ0n) is 20.0. The number of thioether (sulfide) groups is 1. The van der Waals surface area contributed by atoms with Crippen LogP contribution in [0.25, 0.3) is 11.1 Å². The zero-order valence-corrected chi connectivity index (χ0v) is 21.6. The van der Waals surface area contributed by atoms with Crippen molar-refractivity contribution in [3.8, 4) is 17.2 Å². The van der Waals surface area contributed by atoms with Gasteiger partial charge in [0, 0.05) is 27.4 Å². The minimum absolute atomic E-state index is 0.0868. The Bertz CT molecular complexity index is 1240. The first-order chi connectivity index (χ1) is 16.9. The number of thiophene rings is 1. The number of amides is 2. The number of anilines is 2. The number of benzene rings is 2. The maximum Gasteiger partial charge on any atom is 0.238 e. The van der Waals surface area contributed by atoms with E-state index < -0.39 is 0 Å². The predicted molar refractivity (Wildman–Crippen MR) is 145 cm³/mol. The Morgan fingerprint density at radius 3 is 2.54 bits per heavy atom. The number of nitrogens with one attached hydrogen (secondary N) is 2. The first-order valence-electron chi connectivity index (χ1n) is 11.9. The highest BCUT2D eigenvalue weighted by Crippen LogP contribution is 2.36. The zero-order chi connectivity index (χ0) is 24.8. The second-order valence-corrected chi connectivity index (χ2v) is 11.2. The Hall–Kier alpha value is -3.08. The Morgan fingerprint density at radius 1 is 1.09 bits per heavy atom. The molecule has 4 rings (SSSR count). The fraction of sp³-hybridized carbons (Fsp3) is 0.321. The summed E-state index contributed by atoms with van der Waals surface area (Å²) in [5.74, 6) is 0.0129. The number of carbonyl (C=O) groups is 2. The average Bonchev–Trinajstić information content (AvgIpc) is 3.27. The smallest absolute Gasteiger partial charge is 0.238 e. The number of aryl methyl sites for hydroxylation is 1. The second kappa shape index (κ2) is 11.6. The van der Waals surface area contributed by atoms with E-state index in [0.717, 1.165) is 53.0 Å². The van der Waals surface area contributed by atoms with E-state index in [4.69, 9.17) is 0 Å². The first kappa shape index (κ1) is 25.0. The van der Waals surface area contributed by atoms with E-state index in [2.05, 4.69) is 16.7 Å². The third-order valence-corrected chi connectivity index (χ3v) is 8.25. The fourth-order valence-corrected chi connectivity index (χ4v) is 6.08. The molecule has 1 unspecified atom stereocenters. The monoisotopic (exact) mass is 503 g/mol. The Kier molecular flexibility index (Phi) is 8.27. The van der Waals surface area contributed by atoms with E-state index in [1.54, 1.807) is 0 Å². The third kappa shape index (κ3) is 6.33. The summed E-state index contributed by atoms with van der Waals surface area (Å²) in [4.78, 5) is 26.4. The number of carbonyl (C=O) groups excluding carboxylic acids is 2. The molecule has 1 saturated carbocycles. The van der Waals surface area contributed by atoms with Crippen LogP contribution in [0, 0.1) is 24.2 Å². The van der Waals surface area contributed by atoms with Crippen LogP contribution in [0.2, 0.25) is 0 Å². The van der Waals surface area contributed by atoms with Crippen LogP contribution in [0.15, 0.2) is 58.8 Å². The van der Waals surface area contributed by atoms with Gasteiger partial charge in [0.25, 0.3) is 0 Å². The number of nitriles is 1. The van der Waals surface area contributed by atoms with E-state index in [9.17, 15) is 14.9 Å². The van der Waals surface area contributed by atoms with Gasteiger partial charge in [-0.05, 0) is 50.5 Å². The SMILES string of the molecule is Cc1ccc(-c2csc(NC(=O)C(C)Sc3cccc(NC(=O)C4CCCCC4)c3)c2C#N)cc1. The van der Waals surface area contributed by atoms with Crippen LogP contribution in [0.5, 0.6) is 0 Å². The quantitative estimate of drug-likeness (QED) is 0.333. The Labute approximate surface area is 214 Å². The van der Waals surface area contributed by atoms with E-state index >= 15 is 0 Å². The van der Waals surface area contributed by atoms with Gasteiger partial charge >= 0.3 is 0 Å². The van der Waals surface area contributed by atoms with Crippen LogP contribution in [0.3, 0.4) is 0 Å². The molecule has 0 spiro atoms. The van der Waals surface area contributed by atoms with Gasteiger partial charge in [-0.2, -0.15) is 5.26 Å². The molecule has 180 valence electrons. The lowest BCUT2D eigenvalue weighted by Gasteiger charge is -2.21. The molecule has 1 fully saturated rings. The summed E-state index contributed by atoms with van der Waals surface area (Å²) in [7, 11) is 0. The van der Waals surface area contributed by atoms with Gasteiger partial charge in [0.1, 0.15) is 11.1 Å². The molecular formula is C28H29N3O2S2. The van der Waals surface area contributed by atoms with Crippen molar-refractivity contribution >= 4 is 45.6 Å². The largest absolute Gasteiger partial charge is 0.326 e. The van der Waals surface area contributed by atoms with Crippen molar-refractivity contribution < 1.29 is 9.59 Å². The molecule has 1 atom stereocenters. The molecule has 5 nitrogen and oxygen atoms in total. The fourth-order valence-electron chi connectivity index (χ4n) is 4.23. The molecule has 0 saturated heterocycles. The van der Waals surface area contributed by atoms with Gasteiger partial charge < -0.3 is 10.6 Å². The van der Waals surface area contributed by atoms with Gasteiger partial charge in [-0.1, -0.05) is 55.2 Å². The number of hydrogen-bond acceptors (Lipinski definition) is 5. The minimum atomic E-state index is -0.379. The van der Waals surface area contributed by atoms with E-state index in [-0.39, 0.29) is 23.0 Å². The Morgan fingerprint density at radius 2 is 1.83 bits per heavy atom. The van der Waals surface area contributed by atoms with Crippen LogP contribution in [0.4, 0.5) is 10.7 Å². The molecule has 35 heavy (non-hydrogen) atoms. The predicted octanol–water partition coefficient (Wildman–Crippen LogP) is 7.23. The summed E-state index contributed by atoms with van der Waals surface area (Å²) in [5.41, 5.74) is 4.18. The molecule has 1 aromatic heterocycles. The molecule has 7 heteroatoms. The Balaban J connectivity index is 1.39. The summed E-state index contributed by atoms with van der Waals surface area (Å²) >= 11 is 2.79. The van der Waals surface area contributed by atoms with Crippen LogP contribution in [-0.4, -0.2) is 17.1 Å². The van der Waals surface area contributed by atoms with Gasteiger partial charge in [0.05, 0.1) is 10.8 Å². The highest BCUT2D eigenvalue weighted by molar-refractivity contribution is 8.00. The molecule has 2 N–H and O–H groups in total. The molecule has 0 aliphatic heterocycles. The van der Waals surface area contributed by atoms with Crippen molar-refractivity contribution in [3.63, 3.8) is 0 Å². The first-order valence-corrected chi connectivity index (χ1v) is 13.7. The number of rotatable bonds is 7. The van der Waals surface area contributed by atoms with Gasteiger partial charge in [0.15, 0.2) is 0 Å². The molecule has 2 amide bonds. The van der Waals surface area contributed by atoms with Crippen LogP contribution >= 0.6 is 23.1 Å². The van der Waals surface area contributed by atoms with Crippen molar-refractivity contribution in [3.05, 3.63) is 65.0 Å². The number of hydrogen-bond donors (Lipinski definition) is 2. The van der Waals surface area contributed by atoms with E-state index in [1.807, 2.05) is 67.8 Å². The molecule has 1 heterocycles. The normalized spacial score (nSPS) is 14.7. The molecule has 0 bridgehead atoms. The maximum absolute atomic E-state index is 12.9. The molecule has 0 radical (unpaired) electrons. The van der Waals surface area contributed by atoms with Crippen LogP contribution in [0.1, 0.15) is 50.2 Å². The summed E-state index contributed by atoms with van der Waals surface area (Å²) in [6, 6.07) is 17.9. The van der Waals surface area contributed by atoms with Gasteiger partial charge in [-0.15, -0.1) is 23.1 Å². The van der Waals surface area contributed by atoms with Gasteiger partial charge in [-0.3, -0.25) is 9.59 Å². The summed E-state index contributed by atoms with van der Waals surface area (Å²) in [5, 5.41) is 17.8. The van der Waals surface area contributed by atoms with E-state index in [0.29, 0.717) is 10.6 Å². The average molecular weight is 504 g/mol. The highest BCUT2D eigenvalue weighted by atomic mass is 32.2. The van der Waals surface area contributed by atoms with E-state index in [1.165, 1.54) is 29.5 Å². The van der Waals surface area contributed by atoms with Crippen molar-refractivity contribution in [2.45, 2.75) is 56.1 Å². The summed E-state index contributed by atoms with van der Waals surface area (Å²) < 4.78 is 0. The summed E-state index contributed by atoms with van der Waals surface area (Å²) in [6.07, 6.45) is 5.35. The van der Waals surface area contributed by atoms with Gasteiger partial charge in [0.2, 0.25) is 11.8 Å². The molecule has 2 aromatic carbocycles. The standard InChI is InChI=1S/C28H29N3O2S2/c1-18-11-13-20(14-12-18)25-17-34-28(24(25)16-29)31-26(32)19(2)35-23-10-6-9-22(15-23)30-27(33)21-7-4-3-5-8-21/h6,9-15,17,19,21H,3-5,7-8H2,1-2H3,(H,30,33)(H,31,32). The minimum Gasteiger partial charge on any atom is -0.326 e. The second-order valence-electron chi connectivity index (χ2n) is 8.93. The molecule has 3 aromatic rings. The van der Waals surface area contributed by atoms with Crippen LogP contribution in [-0.2, 0) is 9.59 Å². The van der Waals surface area contributed by atoms with Crippen molar-refractivity contribution in [1.82, 2.24) is 0 Å². The van der Waals surface area contributed by atoms with Crippen molar-refractivity contribution in [2.75, 3.05) is 10.6 Å². The summed E-state index contributed by atoms with van der Waals surface area (Å²) in [6.45, 7) is 3.86. The molecule has 1 aliphatic rings. The van der Waals surface area contributed by atoms with Gasteiger partial charge in [-0.25, -0.2) is 0 Å².